The summed E-state index contributed by atoms with van der Waals surface area (Å²) in [6, 6.07) is 3.53. The van der Waals surface area contributed by atoms with E-state index in [-0.39, 0.29) is 36.0 Å². The van der Waals surface area contributed by atoms with Crippen LogP contribution in [-0.4, -0.2) is 29.0 Å². The van der Waals surface area contributed by atoms with Crippen LogP contribution in [0.2, 0.25) is 0 Å². The standard InChI is InChI=1S/C15H17NO3S/c1-2-9-6-10-11(7-9)15(19)16(14(10)18)8-12(17)13-4-3-5-20-13/h3-5,9-11H,2,6-8H2,1H3. The number of likely N-dealkylation sites (tertiary alicyclic amines) is 1. The molecule has 2 amide bonds. The average molecular weight is 291 g/mol. The van der Waals surface area contributed by atoms with E-state index < -0.39 is 0 Å². The minimum Gasteiger partial charge on any atom is -0.291 e. The normalized spacial score (nSPS) is 29.1. The highest BCUT2D eigenvalue weighted by atomic mass is 32.1. The van der Waals surface area contributed by atoms with Gasteiger partial charge in [0.1, 0.15) is 0 Å². The fourth-order valence-corrected chi connectivity index (χ4v) is 4.00. The number of carbonyl (C=O) groups excluding carboxylic acids is 3. The maximum absolute atomic E-state index is 12.3. The summed E-state index contributed by atoms with van der Waals surface area (Å²) >= 11 is 1.34. The quantitative estimate of drug-likeness (QED) is 0.632. The molecule has 0 aromatic carbocycles. The molecule has 106 valence electrons. The van der Waals surface area contributed by atoms with Gasteiger partial charge in [-0.25, -0.2) is 0 Å². The lowest BCUT2D eigenvalue weighted by molar-refractivity contribution is -0.139. The number of hydrogen-bond acceptors (Lipinski definition) is 4. The summed E-state index contributed by atoms with van der Waals surface area (Å²) in [6.07, 6.45) is 2.62. The molecule has 0 spiro atoms. The van der Waals surface area contributed by atoms with E-state index in [9.17, 15) is 14.4 Å². The molecule has 1 aromatic heterocycles. The van der Waals surface area contributed by atoms with Crippen LogP contribution in [0.4, 0.5) is 0 Å². The lowest BCUT2D eigenvalue weighted by Gasteiger charge is -2.16. The van der Waals surface area contributed by atoms with Gasteiger partial charge in [-0.05, 0) is 30.2 Å². The van der Waals surface area contributed by atoms with Crippen LogP contribution in [0.1, 0.15) is 35.9 Å². The van der Waals surface area contributed by atoms with Crippen molar-refractivity contribution in [3.8, 4) is 0 Å². The molecule has 1 saturated heterocycles. The first-order valence-corrected chi connectivity index (χ1v) is 7.91. The minimum atomic E-state index is -0.177. The maximum Gasteiger partial charge on any atom is 0.233 e. The summed E-state index contributed by atoms with van der Waals surface area (Å²) in [5, 5.41) is 1.82. The molecule has 1 aromatic rings. The van der Waals surface area contributed by atoms with Crippen molar-refractivity contribution >= 4 is 28.9 Å². The van der Waals surface area contributed by atoms with E-state index in [1.807, 2.05) is 5.38 Å². The topological polar surface area (TPSA) is 54.5 Å². The van der Waals surface area contributed by atoms with Crippen molar-refractivity contribution in [3.05, 3.63) is 22.4 Å². The molecule has 2 unspecified atom stereocenters. The van der Waals surface area contributed by atoms with E-state index in [0.29, 0.717) is 10.8 Å². The summed E-state index contributed by atoms with van der Waals surface area (Å²) < 4.78 is 0. The van der Waals surface area contributed by atoms with Gasteiger partial charge < -0.3 is 0 Å². The number of hydrogen-bond donors (Lipinski definition) is 0. The summed E-state index contributed by atoms with van der Waals surface area (Å²) in [5.74, 6) is -0.296. The van der Waals surface area contributed by atoms with Gasteiger partial charge in [-0.15, -0.1) is 11.3 Å². The lowest BCUT2D eigenvalue weighted by atomic mass is 10.00. The summed E-state index contributed by atoms with van der Waals surface area (Å²) in [5.41, 5.74) is 0. The van der Waals surface area contributed by atoms with Crippen LogP contribution in [0, 0.1) is 17.8 Å². The molecule has 1 aliphatic carbocycles. The van der Waals surface area contributed by atoms with Gasteiger partial charge in [0.2, 0.25) is 11.8 Å². The molecule has 3 rings (SSSR count). The number of imide groups is 1. The molecule has 0 radical (unpaired) electrons. The third kappa shape index (κ3) is 2.10. The Morgan fingerprint density at radius 1 is 1.30 bits per heavy atom. The van der Waals surface area contributed by atoms with Crippen molar-refractivity contribution < 1.29 is 14.4 Å². The Hall–Kier alpha value is -1.49. The Morgan fingerprint density at radius 3 is 2.45 bits per heavy atom. The van der Waals surface area contributed by atoms with Gasteiger partial charge in [0.15, 0.2) is 5.78 Å². The Balaban J connectivity index is 1.72. The Labute approximate surface area is 121 Å². The molecule has 2 atom stereocenters. The van der Waals surface area contributed by atoms with Gasteiger partial charge in [0.05, 0.1) is 23.3 Å². The van der Waals surface area contributed by atoms with Crippen molar-refractivity contribution in [1.82, 2.24) is 4.90 Å². The highest BCUT2D eigenvalue weighted by Gasteiger charge is 2.52. The van der Waals surface area contributed by atoms with Crippen LogP contribution in [0.25, 0.3) is 0 Å². The van der Waals surface area contributed by atoms with Crippen LogP contribution >= 0.6 is 11.3 Å². The molecule has 5 heteroatoms. The molecule has 2 fully saturated rings. The van der Waals surface area contributed by atoms with E-state index in [1.54, 1.807) is 12.1 Å². The first-order chi connectivity index (χ1) is 9.61. The molecule has 20 heavy (non-hydrogen) atoms. The van der Waals surface area contributed by atoms with Crippen LogP contribution in [0.3, 0.4) is 0 Å². The number of carbonyl (C=O) groups is 3. The van der Waals surface area contributed by atoms with Gasteiger partial charge >= 0.3 is 0 Å². The van der Waals surface area contributed by atoms with Crippen molar-refractivity contribution in [2.24, 2.45) is 17.8 Å². The third-order valence-electron chi connectivity index (χ3n) is 4.50. The Bertz CT molecular complexity index is 527. The zero-order valence-corrected chi connectivity index (χ0v) is 12.2. The van der Waals surface area contributed by atoms with Crippen LogP contribution in [0.5, 0.6) is 0 Å². The minimum absolute atomic E-state index is 0.0953. The molecule has 1 aliphatic heterocycles. The van der Waals surface area contributed by atoms with Crippen molar-refractivity contribution in [3.63, 3.8) is 0 Å². The predicted octanol–water partition coefficient (Wildman–Crippen LogP) is 2.35. The molecule has 0 bridgehead atoms. The lowest BCUT2D eigenvalue weighted by Crippen LogP contribution is -2.36. The van der Waals surface area contributed by atoms with Crippen molar-refractivity contribution in [2.75, 3.05) is 6.54 Å². The SMILES string of the molecule is CCC1CC2C(=O)N(CC(=O)c3cccs3)C(=O)C2C1. The Morgan fingerprint density at radius 2 is 1.95 bits per heavy atom. The van der Waals surface area contributed by atoms with Gasteiger partial charge in [-0.3, -0.25) is 19.3 Å². The summed E-state index contributed by atoms with van der Waals surface area (Å²) in [7, 11) is 0. The zero-order chi connectivity index (χ0) is 14.3. The monoisotopic (exact) mass is 291 g/mol. The number of ketones is 1. The summed E-state index contributed by atoms with van der Waals surface area (Å²) in [4.78, 5) is 38.5. The zero-order valence-electron chi connectivity index (χ0n) is 11.4. The second kappa shape index (κ2) is 5.13. The fourth-order valence-electron chi connectivity index (χ4n) is 3.35. The van der Waals surface area contributed by atoms with E-state index in [1.165, 1.54) is 16.2 Å². The number of Topliss-reactive ketones (excluding diaryl/α,β-unsaturated/α-hetero) is 1. The van der Waals surface area contributed by atoms with E-state index in [0.717, 1.165) is 19.3 Å². The number of thiophene rings is 1. The van der Waals surface area contributed by atoms with Gasteiger partial charge in [0, 0.05) is 0 Å². The van der Waals surface area contributed by atoms with Crippen molar-refractivity contribution in [1.29, 1.82) is 0 Å². The number of fused-ring (bicyclic) bond motifs is 1. The molecule has 2 heterocycles. The van der Waals surface area contributed by atoms with Gasteiger partial charge in [0.25, 0.3) is 0 Å². The first-order valence-electron chi connectivity index (χ1n) is 7.03. The average Bonchev–Trinajstić information content (AvgIpc) is 3.14. The first kappa shape index (κ1) is 13.5. The molecule has 1 saturated carbocycles. The number of nitrogens with zero attached hydrogens (tertiary/aromatic N) is 1. The van der Waals surface area contributed by atoms with Gasteiger partial charge in [-0.2, -0.15) is 0 Å². The maximum atomic E-state index is 12.3. The van der Waals surface area contributed by atoms with Crippen LogP contribution in [-0.2, 0) is 9.59 Å². The molecular weight excluding hydrogens is 274 g/mol. The fraction of sp³-hybridized carbons (Fsp3) is 0.533. The molecular formula is C15H17NO3S. The van der Waals surface area contributed by atoms with E-state index in [4.69, 9.17) is 0 Å². The largest absolute Gasteiger partial charge is 0.291 e. The molecule has 4 nitrogen and oxygen atoms in total. The number of amides is 2. The summed E-state index contributed by atoms with van der Waals surface area (Å²) in [6.45, 7) is 2.00. The Kier molecular flexibility index (Phi) is 3.46. The molecule has 0 N–H and O–H groups in total. The predicted molar refractivity (Wildman–Crippen MR) is 75.4 cm³/mol. The second-order valence-electron chi connectivity index (χ2n) is 5.62. The van der Waals surface area contributed by atoms with Crippen molar-refractivity contribution in [2.45, 2.75) is 26.2 Å². The van der Waals surface area contributed by atoms with Gasteiger partial charge in [-0.1, -0.05) is 19.4 Å². The van der Waals surface area contributed by atoms with Crippen LogP contribution < -0.4 is 0 Å². The molecule has 2 aliphatic rings. The third-order valence-corrected chi connectivity index (χ3v) is 5.41. The second-order valence-corrected chi connectivity index (χ2v) is 6.57. The van der Waals surface area contributed by atoms with E-state index >= 15 is 0 Å². The van der Waals surface area contributed by atoms with Crippen LogP contribution in [0.15, 0.2) is 17.5 Å². The smallest absolute Gasteiger partial charge is 0.233 e. The highest BCUT2D eigenvalue weighted by Crippen LogP contribution is 2.44. The number of rotatable bonds is 4. The highest BCUT2D eigenvalue weighted by molar-refractivity contribution is 7.12. The van der Waals surface area contributed by atoms with E-state index in [2.05, 4.69) is 6.92 Å².